The highest BCUT2D eigenvalue weighted by Crippen LogP contribution is 2.32. The van der Waals surface area contributed by atoms with Crippen molar-refractivity contribution in [3.63, 3.8) is 0 Å². The van der Waals surface area contributed by atoms with Crippen LogP contribution in [0.5, 0.6) is 11.5 Å². The monoisotopic (exact) mass is 467 g/mol. The van der Waals surface area contributed by atoms with Crippen molar-refractivity contribution in [1.82, 2.24) is 24.8 Å². The number of ether oxygens (including phenoxy) is 3. The minimum atomic E-state index is -0.576. The van der Waals surface area contributed by atoms with E-state index >= 15 is 0 Å². The maximum absolute atomic E-state index is 13.2. The number of hydrogen-bond acceptors (Lipinski definition) is 7. The molecule has 0 aliphatic carbocycles. The summed E-state index contributed by atoms with van der Waals surface area (Å²) in [6.07, 6.45) is 1.84. The molecule has 1 aromatic carbocycles. The van der Waals surface area contributed by atoms with Crippen LogP contribution in [0.3, 0.4) is 0 Å². The lowest BCUT2D eigenvalue weighted by atomic mass is 10.1. The van der Waals surface area contributed by atoms with E-state index in [-0.39, 0.29) is 11.9 Å². The summed E-state index contributed by atoms with van der Waals surface area (Å²) in [6, 6.07) is 8.89. The van der Waals surface area contributed by atoms with Crippen molar-refractivity contribution in [2.75, 3.05) is 27.3 Å². The van der Waals surface area contributed by atoms with Crippen molar-refractivity contribution in [2.45, 2.75) is 38.8 Å². The zero-order valence-electron chi connectivity index (χ0n) is 20.0. The largest absolute Gasteiger partial charge is 0.493 e. The molecule has 1 saturated heterocycles. The van der Waals surface area contributed by atoms with Crippen LogP contribution in [0.15, 0.2) is 36.5 Å². The van der Waals surface area contributed by atoms with Crippen LogP contribution in [0, 0.1) is 0 Å². The summed E-state index contributed by atoms with van der Waals surface area (Å²) in [5.74, 6) is 1.00. The van der Waals surface area contributed by atoms with Crippen LogP contribution >= 0.6 is 0 Å². The van der Waals surface area contributed by atoms with Crippen LogP contribution in [0.4, 0.5) is 4.79 Å². The van der Waals surface area contributed by atoms with E-state index in [1.54, 1.807) is 35.9 Å². The van der Waals surface area contributed by atoms with Crippen molar-refractivity contribution < 1.29 is 23.8 Å². The maximum Gasteiger partial charge on any atom is 0.407 e. The van der Waals surface area contributed by atoms with E-state index in [9.17, 15) is 9.59 Å². The van der Waals surface area contributed by atoms with E-state index in [1.807, 2.05) is 45.0 Å². The molecular formula is C24H29N5O5. The summed E-state index contributed by atoms with van der Waals surface area (Å²) in [5.41, 5.74) is 1.87. The first-order chi connectivity index (χ1) is 16.2. The highest BCUT2D eigenvalue weighted by molar-refractivity contribution is 5.93. The van der Waals surface area contributed by atoms with Gasteiger partial charge in [-0.3, -0.25) is 4.79 Å². The number of aromatic nitrogens is 3. The Labute approximate surface area is 197 Å². The van der Waals surface area contributed by atoms with Crippen LogP contribution < -0.4 is 14.8 Å². The van der Waals surface area contributed by atoms with Gasteiger partial charge < -0.3 is 24.4 Å². The normalized spacial score (nSPS) is 15.9. The van der Waals surface area contributed by atoms with E-state index in [1.165, 1.54) is 0 Å². The summed E-state index contributed by atoms with van der Waals surface area (Å²) in [5, 5.41) is 7.38. The molecule has 180 valence electrons. The Balaban J connectivity index is 1.53. The van der Waals surface area contributed by atoms with Crippen molar-refractivity contribution >= 4 is 17.6 Å². The molecule has 1 fully saturated rings. The molecule has 0 radical (unpaired) electrons. The molecule has 0 spiro atoms. The standard InChI is InChI=1S/C24H29N5O5/c1-24(2,3)34-23(31)26-16-9-11-28(14-16)22(30)17-13-21-25-10-8-18(29(21)27-17)15-6-7-19(32-4)20(12-15)33-5/h6-8,10,12-13,16H,9,11,14H2,1-5H3,(H,26,31)/t16-/m1/s1. The van der Waals surface area contributed by atoms with Gasteiger partial charge in [0.2, 0.25) is 0 Å². The summed E-state index contributed by atoms with van der Waals surface area (Å²) in [4.78, 5) is 31.3. The van der Waals surface area contributed by atoms with Crippen LogP contribution in [-0.4, -0.2) is 70.5 Å². The fourth-order valence-corrected chi connectivity index (χ4v) is 3.91. The second-order valence-electron chi connectivity index (χ2n) is 9.08. The molecule has 3 aromatic rings. The summed E-state index contributed by atoms with van der Waals surface area (Å²) >= 11 is 0. The number of carbonyl (C=O) groups is 2. The lowest BCUT2D eigenvalue weighted by Crippen LogP contribution is -2.41. The quantitative estimate of drug-likeness (QED) is 0.614. The van der Waals surface area contributed by atoms with Gasteiger partial charge in [-0.1, -0.05) is 0 Å². The number of methoxy groups -OCH3 is 2. The first-order valence-corrected chi connectivity index (χ1v) is 11.0. The van der Waals surface area contributed by atoms with Crippen LogP contribution in [-0.2, 0) is 4.74 Å². The molecule has 1 aliphatic heterocycles. The topological polar surface area (TPSA) is 107 Å². The van der Waals surface area contributed by atoms with E-state index in [0.29, 0.717) is 42.4 Å². The number of fused-ring (bicyclic) bond motifs is 1. The molecule has 3 heterocycles. The van der Waals surface area contributed by atoms with E-state index in [0.717, 1.165) is 11.3 Å². The molecule has 10 nitrogen and oxygen atoms in total. The number of rotatable bonds is 5. The van der Waals surface area contributed by atoms with E-state index in [4.69, 9.17) is 14.2 Å². The Morgan fingerprint density at radius 1 is 1.09 bits per heavy atom. The number of amides is 2. The van der Waals surface area contributed by atoms with Gasteiger partial charge >= 0.3 is 6.09 Å². The lowest BCUT2D eigenvalue weighted by molar-refractivity contribution is 0.0502. The number of nitrogens with one attached hydrogen (secondary N) is 1. The molecule has 10 heteroatoms. The van der Waals surface area contributed by atoms with Gasteiger partial charge in [0.25, 0.3) is 5.91 Å². The second kappa shape index (κ2) is 9.20. The minimum absolute atomic E-state index is 0.170. The van der Waals surface area contributed by atoms with Gasteiger partial charge in [0, 0.05) is 30.9 Å². The third-order valence-corrected chi connectivity index (χ3v) is 5.45. The average molecular weight is 468 g/mol. The van der Waals surface area contributed by atoms with Gasteiger partial charge in [-0.2, -0.15) is 5.10 Å². The first-order valence-electron chi connectivity index (χ1n) is 11.0. The fourth-order valence-electron chi connectivity index (χ4n) is 3.91. The zero-order chi connectivity index (χ0) is 24.5. The molecule has 0 bridgehead atoms. The molecule has 1 aliphatic rings. The number of alkyl carbamates (subject to hydrolysis) is 1. The molecule has 1 N–H and O–H groups in total. The SMILES string of the molecule is COc1ccc(-c2ccnc3cc(C(=O)N4CC[C@@H](NC(=O)OC(C)(C)C)C4)nn23)cc1OC. The highest BCUT2D eigenvalue weighted by atomic mass is 16.6. The first kappa shape index (κ1) is 23.3. The van der Waals surface area contributed by atoms with E-state index < -0.39 is 11.7 Å². The van der Waals surface area contributed by atoms with Crippen LogP contribution in [0.1, 0.15) is 37.7 Å². The Morgan fingerprint density at radius 3 is 2.56 bits per heavy atom. The number of hydrogen-bond donors (Lipinski definition) is 1. The van der Waals surface area contributed by atoms with Crippen molar-refractivity contribution in [2.24, 2.45) is 0 Å². The smallest absolute Gasteiger partial charge is 0.407 e. The average Bonchev–Trinajstić information content (AvgIpc) is 3.43. The van der Waals surface area contributed by atoms with Crippen molar-refractivity contribution in [3.05, 3.63) is 42.2 Å². The van der Waals surface area contributed by atoms with Gasteiger partial charge in [0.05, 0.1) is 26.0 Å². The molecular weight excluding hydrogens is 438 g/mol. The van der Waals surface area contributed by atoms with Crippen LogP contribution in [0.25, 0.3) is 16.9 Å². The molecule has 0 saturated carbocycles. The number of benzene rings is 1. The third kappa shape index (κ3) is 4.90. The molecule has 34 heavy (non-hydrogen) atoms. The lowest BCUT2D eigenvalue weighted by Gasteiger charge is -2.22. The maximum atomic E-state index is 13.2. The number of nitrogens with zero attached hydrogens (tertiary/aromatic N) is 4. The fraction of sp³-hybridized carbons (Fsp3) is 0.417. The summed E-state index contributed by atoms with van der Waals surface area (Å²) in [6.45, 7) is 6.34. The zero-order valence-corrected chi connectivity index (χ0v) is 20.0. The summed E-state index contributed by atoms with van der Waals surface area (Å²) in [7, 11) is 3.16. The van der Waals surface area contributed by atoms with Crippen molar-refractivity contribution in [3.8, 4) is 22.8 Å². The molecule has 2 aromatic heterocycles. The van der Waals surface area contributed by atoms with Gasteiger partial charge in [-0.15, -0.1) is 0 Å². The number of carbonyl (C=O) groups excluding carboxylic acids is 2. The molecule has 2 amide bonds. The second-order valence-corrected chi connectivity index (χ2v) is 9.08. The Bertz CT molecular complexity index is 1220. The van der Waals surface area contributed by atoms with Crippen molar-refractivity contribution in [1.29, 1.82) is 0 Å². The van der Waals surface area contributed by atoms with Gasteiger partial charge in [0.15, 0.2) is 22.8 Å². The third-order valence-electron chi connectivity index (χ3n) is 5.45. The minimum Gasteiger partial charge on any atom is -0.493 e. The predicted octanol–water partition coefficient (Wildman–Crippen LogP) is 3.15. The predicted molar refractivity (Wildman–Crippen MR) is 125 cm³/mol. The Kier molecular flexibility index (Phi) is 6.32. The Morgan fingerprint density at radius 2 is 1.85 bits per heavy atom. The Hall–Kier alpha value is -3.82. The molecule has 4 rings (SSSR count). The summed E-state index contributed by atoms with van der Waals surface area (Å²) < 4.78 is 17.7. The van der Waals surface area contributed by atoms with Gasteiger partial charge in [-0.05, 0) is 51.5 Å². The van der Waals surface area contributed by atoms with Crippen LogP contribution in [0.2, 0.25) is 0 Å². The molecule has 0 unspecified atom stereocenters. The molecule has 1 atom stereocenters. The van der Waals surface area contributed by atoms with Gasteiger partial charge in [-0.25, -0.2) is 14.3 Å². The van der Waals surface area contributed by atoms with Gasteiger partial charge in [0.1, 0.15) is 5.60 Å². The van der Waals surface area contributed by atoms with E-state index in [2.05, 4.69) is 15.4 Å². The highest BCUT2D eigenvalue weighted by Gasteiger charge is 2.30. The number of likely N-dealkylation sites (tertiary alicyclic amines) is 1.